The Labute approximate surface area is 90.3 Å². The van der Waals surface area contributed by atoms with E-state index in [0.29, 0.717) is 0 Å². The summed E-state index contributed by atoms with van der Waals surface area (Å²) in [7, 11) is 0. The summed E-state index contributed by atoms with van der Waals surface area (Å²) >= 11 is 0. The van der Waals surface area contributed by atoms with Crippen LogP contribution in [0.2, 0.25) is 0 Å². The molecule has 0 atom stereocenters. The van der Waals surface area contributed by atoms with E-state index in [-0.39, 0.29) is 0 Å². The van der Waals surface area contributed by atoms with Gasteiger partial charge in [0.15, 0.2) is 0 Å². The normalized spacial score (nSPS) is 20.3. The summed E-state index contributed by atoms with van der Waals surface area (Å²) in [5, 5.41) is 4.70. The first-order valence-corrected chi connectivity index (χ1v) is 5.71. The van der Waals surface area contributed by atoms with Gasteiger partial charge < -0.3 is 0 Å². The molecule has 1 aliphatic carbocycles. The van der Waals surface area contributed by atoms with Crippen molar-refractivity contribution in [2.45, 2.75) is 38.5 Å². The van der Waals surface area contributed by atoms with Gasteiger partial charge in [-0.2, -0.15) is 5.10 Å². The molecular formula is C13H16N2. The average Bonchev–Trinajstić information content (AvgIpc) is 2.99. The zero-order chi connectivity index (χ0) is 10.4. The van der Waals surface area contributed by atoms with Crippen molar-refractivity contribution in [3.05, 3.63) is 35.7 Å². The monoisotopic (exact) mass is 200 g/mol. The molecule has 0 unspecified atom stereocenters. The highest BCUT2D eigenvalue weighted by atomic mass is 15.3. The van der Waals surface area contributed by atoms with Crippen LogP contribution in [0.3, 0.4) is 0 Å². The van der Waals surface area contributed by atoms with E-state index >= 15 is 0 Å². The van der Waals surface area contributed by atoms with Crippen molar-refractivity contribution in [1.82, 2.24) is 9.78 Å². The Morgan fingerprint density at radius 2 is 2.27 bits per heavy atom. The summed E-state index contributed by atoms with van der Waals surface area (Å²) in [6.45, 7) is 6.01. The van der Waals surface area contributed by atoms with Crippen LogP contribution in [0.25, 0.3) is 5.70 Å². The predicted molar refractivity (Wildman–Crippen MR) is 61.6 cm³/mol. The van der Waals surface area contributed by atoms with Crippen LogP contribution in [0, 0.1) is 0 Å². The van der Waals surface area contributed by atoms with Crippen LogP contribution in [0.5, 0.6) is 0 Å². The van der Waals surface area contributed by atoms with Crippen molar-refractivity contribution in [2.75, 3.05) is 0 Å². The van der Waals surface area contributed by atoms with Gasteiger partial charge in [-0.3, -0.25) is 0 Å². The molecule has 0 bridgehead atoms. The van der Waals surface area contributed by atoms with Crippen molar-refractivity contribution < 1.29 is 0 Å². The van der Waals surface area contributed by atoms with E-state index in [1.54, 1.807) is 0 Å². The summed E-state index contributed by atoms with van der Waals surface area (Å²) in [5.74, 6) is 0.753. The van der Waals surface area contributed by atoms with Crippen molar-refractivity contribution in [2.24, 2.45) is 0 Å². The first kappa shape index (κ1) is 8.96. The molecule has 15 heavy (non-hydrogen) atoms. The van der Waals surface area contributed by atoms with Crippen LogP contribution in [0.4, 0.5) is 0 Å². The van der Waals surface area contributed by atoms with Crippen LogP contribution >= 0.6 is 0 Å². The lowest BCUT2D eigenvalue weighted by Crippen LogP contribution is -2.10. The van der Waals surface area contributed by atoms with Gasteiger partial charge in [0.2, 0.25) is 0 Å². The van der Waals surface area contributed by atoms with Gasteiger partial charge in [-0.15, -0.1) is 0 Å². The molecule has 2 heterocycles. The third-order valence-electron chi connectivity index (χ3n) is 3.48. The molecule has 1 saturated carbocycles. The van der Waals surface area contributed by atoms with Gasteiger partial charge in [0.05, 0.1) is 5.69 Å². The second-order valence-electron chi connectivity index (χ2n) is 4.56. The number of aromatic nitrogens is 2. The van der Waals surface area contributed by atoms with E-state index in [0.717, 1.165) is 18.8 Å². The lowest BCUT2D eigenvalue weighted by atomic mass is 10.0. The fraction of sp³-hybridized carbons (Fsp3) is 0.462. The van der Waals surface area contributed by atoms with Crippen LogP contribution < -0.4 is 0 Å². The summed E-state index contributed by atoms with van der Waals surface area (Å²) in [5.41, 5.74) is 5.28. The summed E-state index contributed by atoms with van der Waals surface area (Å²) < 4.78 is 2.12. The molecule has 0 saturated heterocycles. The van der Waals surface area contributed by atoms with Gasteiger partial charge >= 0.3 is 0 Å². The number of rotatable bonds is 2. The molecule has 2 nitrogen and oxygen atoms in total. The molecule has 0 spiro atoms. The van der Waals surface area contributed by atoms with E-state index in [2.05, 4.69) is 24.3 Å². The zero-order valence-corrected chi connectivity index (χ0v) is 9.16. The topological polar surface area (TPSA) is 17.8 Å². The van der Waals surface area contributed by atoms with Gasteiger partial charge in [0.25, 0.3) is 0 Å². The van der Waals surface area contributed by atoms with Gasteiger partial charge in [0.1, 0.15) is 0 Å². The molecule has 0 radical (unpaired) electrons. The van der Waals surface area contributed by atoms with Crippen molar-refractivity contribution >= 4 is 5.70 Å². The number of aryl methyl sites for hydroxylation is 1. The predicted octanol–water partition coefficient (Wildman–Crippen LogP) is 3.12. The minimum absolute atomic E-state index is 0.753. The molecule has 0 N–H and O–H groups in total. The summed E-state index contributed by atoms with van der Waals surface area (Å²) in [4.78, 5) is 0. The Balaban J connectivity index is 2.07. The SMILES string of the molecule is C=CC1=C(C)n2nc(C3CC3)cc2CC1. The molecule has 3 rings (SSSR count). The molecule has 1 aromatic heterocycles. The molecule has 1 aliphatic heterocycles. The lowest BCUT2D eigenvalue weighted by Gasteiger charge is -2.17. The fourth-order valence-corrected chi connectivity index (χ4v) is 2.32. The Kier molecular flexibility index (Phi) is 1.84. The highest BCUT2D eigenvalue weighted by molar-refractivity contribution is 5.55. The van der Waals surface area contributed by atoms with Crippen molar-refractivity contribution in [3.8, 4) is 0 Å². The fourth-order valence-electron chi connectivity index (χ4n) is 2.32. The van der Waals surface area contributed by atoms with Crippen LogP contribution in [-0.4, -0.2) is 9.78 Å². The third kappa shape index (κ3) is 1.36. The standard InChI is InChI=1S/C13H16N2/c1-3-10-6-7-12-8-13(11-4-5-11)14-15(12)9(10)2/h3,8,11H,1,4-7H2,2H3. The van der Waals surface area contributed by atoms with Gasteiger partial charge in [-0.25, -0.2) is 4.68 Å². The molecule has 0 amide bonds. The largest absolute Gasteiger partial charge is 0.242 e. The molecule has 2 heteroatoms. The number of nitrogens with zero attached hydrogens (tertiary/aromatic N) is 2. The van der Waals surface area contributed by atoms with Gasteiger partial charge in [-0.05, 0) is 44.2 Å². The first-order valence-electron chi connectivity index (χ1n) is 5.71. The summed E-state index contributed by atoms with van der Waals surface area (Å²) in [6, 6.07) is 2.29. The maximum Gasteiger partial charge on any atom is 0.0662 e. The Hall–Kier alpha value is -1.31. The number of allylic oxidation sites excluding steroid dienone is 3. The second-order valence-corrected chi connectivity index (χ2v) is 4.56. The average molecular weight is 200 g/mol. The van der Waals surface area contributed by atoms with Gasteiger partial charge in [-0.1, -0.05) is 12.7 Å². The van der Waals surface area contributed by atoms with E-state index in [4.69, 9.17) is 5.10 Å². The lowest BCUT2D eigenvalue weighted by molar-refractivity contribution is 0.745. The Bertz CT molecular complexity index is 447. The quantitative estimate of drug-likeness (QED) is 0.717. The van der Waals surface area contributed by atoms with Crippen molar-refractivity contribution in [1.29, 1.82) is 0 Å². The zero-order valence-electron chi connectivity index (χ0n) is 9.16. The maximum absolute atomic E-state index is 4.70. The van der Waals surface area contributed by atoms with Crippen molar-refractivity contribution in [3.63, 3.8) is 0 Å². The molecule has 1 fully saturated rings. The highest BCUT2D eigenvalue weighted by Gasteiger charge is 2.28. The van der Waals surface area contributed by atoms with E-state index < -0.39 is 0 Å². The Morgan fingerprint density at radius 3 is 2.93 bits per heavy atom. The number of hydrogen-bond acceptors (Lipinski definition) is 1. The summed E-state index contributed by atoms with van der Waals surface area (Å²) in [6.07, 6.45) is 6.85. The molecule has 2 aliphatic rings. The van der Waals surface area contributed by atoms with Gasteiger partial charge in [0, 0.05) is 17.3 Å². The van der Waals surface area contributed by atoms with E-state index in [1.165, 1.54) is 35.5 Å². The van der Waals surface area contributed by atoms with E-state index in [1.807, 2.05) is 6.08 Å². The maximum atomic E-state index is 4.70. The second kappa shape index (κ2) is 3.09. The smallest absolute Gasteiger partial charge is 0.0662 e. The minimum atomic E-state index is 0.753. The molecule has 78 valence electrons. The van der Waals surface area contributed by atoms with Crippen LogP contribution in [-0.2, 0) is 6.42 Å². The number of fused-ring (bicyclic) bond motifs is 1. The highest BCUT2D eigenvalue weighted by Crippen LogP contribution is 2.40. The van der Waals surface area contributed by atoms with Crippen LogP contribution in [0.1, 0.15) is 43.5 Å². The first-order chi connectivity index (χ1) is 7.29. The van der Waals surface area contributed by atoms with Crippen LogP contribution in [0.15, 0.2) is 24.3 Å². The molecule has 1 aromatic rings. The molecule has 0 aromatic carbocycles. The van der Waals surface area contributed by atoms with E-state index in [9.17, 15) is 0 Å². The molecular weight excluding hydrogens is 184 g/mol. The minimum Gasteiger partial charge on any atom is -0.242 e. The third-order valence-corrected chi connectivity index (χ3v) is 3.48. The Morgan fingerprint density at radius 1 is 1.47 bits per heavy atom. The number of hydrogen-bond donors (Lipinski definition) is 0.